The predicted molar refractivity (Wildman–Crippen MR) is 155 cm³/mol. The largest absolute Gasteiger partial charge is 0.434 e. The van der Waals surface area contributed by atoms with Gasteiger partial charge in [-0.05, 0) is 63.1 Å². The van der Waals surface area contributed by atoms with E-state index >= 15 is 0 Å². The minimum Gasteiger partial charge on any atom is -0.434 e. The number of piperidine rings is 1. The summed E-state index contributed by atoms with van der Waals surface area (Å²) in [4.78, 5) is 34.7. The van der Waals surface area contributed by atoms with E-state index in [2.05, 4.69) is 31.5 Å². The fourth-order valence-electron chi connectivity index (χ4n) is 5.60. The molecule has 12 nitrogen and oxygen atoms in total. The fourth-order valence-corrected chi connectivity index (χ4v) is 5.77. The van der Waals surface area contributed by atoms with Gasteiger partial charge in [-0.25, -0.2) is 9.50 Å². The molecule has 2 fully saturated rings. The number of imidazole rings is 1. The van der Waals surface area contributed by atoms with Gasteiger partial charge in [0.25, 0.3) is 5.91 Å². The van der Waals surface area contributed by atoms with Crippen LogP contribution in [0.25, 0.3) is 16.9 Å². The highest BCUT2D eigenvalue weighted by atomic mass is 35.5. The van der Waals surface area contributed by atoms with Gasteiger partial charge in [0.1, 0.15) is 23.5 Å². The van der Waals surface area contributed by atoms with Crippen LogP contribution >= 0.6 is 11.6 Å². The molecule has 228 valence electrons. The van der Waals surface area contributed by atoms with Gasteiger partial charge in [0.2, 0.25) is 5.91 Å². The number of aromatic nitrogens is 5. The van der Waals surface area contributed by atoms with Crippen LogP contribution in [0.3, 0.4) is 0 Å². The molecule has 4 heterocycles. The number of halogens is 3. The topological polar surface area (TPSA) is 134 Å². The van der Waals surface area contributed by atoms with Gasteiger partial charge in [0, 0.05) is 42.1 Å². The van der Waals surface area contributed by atoms with Gasteiger partial charge in [-0.15, -0.1) is 0 Å². The SMILES string of the molecule is CN(C1CCN(C(=O)Cn2cc(NC(=O)c3cnc4cccnn34)c(-c3cc(Cl)ccc3OC(F)F)n2)CC1)C1(C#N)CC1. The molecule has 3 aromatic heterocycles. The number of carbonyl (C=O) groups is 2. The van der Waals surface area contributed by atoms with E-state index in [1.165, 1.54) is 46.0 Å². The van der Waals surface area contributed by atoms with Crippen LogP contribution in [0.15, 0.2) is 48.9 Å². The number of carbonyl (C=O) groups excluding carboxylic acids is 2. The minimum absolute atomic E-state index is 0.0812. The molecule has 1 aliphatic heterocycles. The second-order valence-corrected chi connectivity index (χ2v) is 11.3. The number of amides is 2. The Morgan fingerprint density at radius 1 is 1.27 bits per heavy atom. The third-order valence-corrected chi connectivity index (χ3v) is 8.44. The lowest BCUT2D eigenvalue weighted by molar-refractivity contribution is -0.133. The third kappa shape index (κ3) is 5.80. The lowest BCUT2D eigenvalue weighted by Gasteiger charge is -2.38. The number of hydrogen-bond acceptors (Lipinski definition) is 8. The zero-order valence-corrected chi connectivity index (χ0v) is 24.4. The summed E-state index contributed by atoms with van der Waals surface area (Å²) in [7, 11) is 1.98. The number of fused-ring (bicyclic) bond motifs is 1. The Morgan fingerprint density at radius 2 is 2.05 bits per heavy atom. The number of ether oxygens (including phenoxy) is 1. The van der Waals surface area contributed by atoms with Crippen molar-refractivity contribution >= 4 is 34.7 Å². The number of alkyl halides is 2. The Balaban J connectivity index is 1.25. The molecule has 44 heavy (non-hydrogen) atoms. The lowest BCUT2D eigenvalue weighted by atomic mass is 10.0. The summed E-state index contributed by atoms with van der Waals surface area (Å²) >= 11 is 6.21. The van der Waals surface area contributed by atoms with Crippen molar-refractivity contribution in [2.24, 2.45) is 0 Å². The number of rotatable bonds is 9. The number of hydrogen-bond donors (Lipinski definition) is 1. The number of likely N-dealkylation sites (tertiary alicyclic amines) is 1. The molecular formula is C29H28ClF2N9O3. The van der Waals surface area contributed by atoms with Crippen LogP contribution in [0.4, 0.5) is 14.5 Å². The number of benzene rings is 1. The van der Waals surface area contributed by atoms with E-state index in [1.54, 1.807) is 17.0 Å². The quantitative estimate of drug-likeness (QED) is 0.295. The summed E-state index contributed by atoms with van der Waals surface area (Å²) in [5.74, 6) is -0.982. The Kier molecular flexibility index (Phi) is 7.91. The molecule has 1 saturated heterocycles. The molecule has 0 bridgehead atoms. The molecule has 15 heteroatoms. The van der Waals surface area contributed by atoms with Crippen LogP contribution in [0.5, 0.6) is 5.75 Å². The van der Waals surface area contributed by atoms with Crippen LogP contribution in [0, 0.1) is 11.3 Å². The number of nitriles is 1. The van der Waals surface area contributed by atoms with Crippen molar-refractivity contribution in [2.75, 3.05) is 25.5 Å². The van der Waals surface area contributed by atoms with Crippen molar-refractivity contribution in [2.45, 2.75) is 50.4 Å². The van der Waals surface area contributed by atoms with Crippen molar-refractivity contribution in [3.8, 4) is 23.1 Å². The average molecular weight is 624 g/mol. The molecule has 0 atom stereocenters. The molecule has 2 amide bonds. The van der Waals surface area contributed by atoms with Crippen LogP contribution in [0.2, 0.25) is 5.02 Å². The standard InChI is InChI=1S/C29H28ClF2N9O3/c1-38(29(17-33)8-9-29)19-6-11-39(12-7-19)25(42)16-40-15-21(36-27(43)22-14-34-24-3-2-10-35-41(22)24)26(37-40)20-13-18(30)4-5-23(20)44-28(31)32/h2-5,10,13-15,19,28H,6-9,11-12,16H2,1H3,(H,36,43). The number of nitrogens with zero attached hydrogens (tertiary/aromatic N) is 8. The van der Waals surface area contributed by atoms with E-state index in [0.29, 0.717) is 18.7 Å². The molecule has 1 aromatic carbocycles. The van der Waals surface area contributed by atoms with Gasteiger partial charge in [0.15, 0.2) is 11.3 Å². The summed E-state index contributed by atoms with van der Waals surface area (Å²) in [5, 5.41) is 21.2. The van der Waals surface area contributed by atoms with Crippen LogP contribution in [0.1, 0.15) is 36.2 Å². The van der Waals surface area contributed by atoms with E-state index in [1.807, 2.05) is 7.05 Å². The van der Waals surface area contributed by atoms with Crippen molar-refractivity contribution in [3.63, 3.8) is 0 Å². The lowest BCUT2D eigenvalue weighted by Crippen LogP contribution is -2.49. The molecule has 0 unspecified atom stereocenters. The Morgan fingerprint density at radius 3 is 2.75 bits per heavy atom. The van der Waals surface area contributed by atoms with E-state index in [-0.39, 0.29) is 57.4 Å². The first-order chi connectivity index (χ1) is 21.2. The third-order valence-electron chi connectivity index (χ3n) is 8.20. The second-order valence-electron chi connectivity index (χ2n) is 10.9. The highest BCUT2D eigenvalue weighted by Crippen LogP contribution is 2.42. The van der Waals surface area contributed by atoms with Crippen molar-refractivity contribution < 1.29 is 23.1 Å². The smallest absolute Gasteiger partial charge is 0.387 e. The summed E-state index contributed by atoms with van der Waals surface area (Å²) < 4.78 is 34.0. The molecular weight excluding hydrogens is 596 g/mol. The van der Waals surface area contributed by atoms with Crippen molar-refractivity contribution in [1.29, 1.82) is 5.26 Å². The van der Waals surface area contributed by atoms with E-state index in [0.717, 1.165) is 25.7 Å². The Labute approximate surface area is 255 Å². The maximum Gasteiger partial charge on any atom is 0.387 e. The van der Waals surface area contributed by atoms with Gasteiger partial charge in [0.05, 0.1) is 18.0 Å². The summed E-state index contributed by atoms with van der Waals surface area (Å²) in [6, 6.07) is 10.1. The number of anilines is 1. The molecule has 4 aromatic rings. The molecule has 1 N–H and O–H groups in total. The zero-order valence-electron chi connectivity index (χ0n) is 23.7. The average Bonchev–Trinajstić information content (AvgIpc) is 3.55. The van der Waals surface area contributed by atoms with Gasteiger partial charge in [-0.2, -0.15) is 24.2 Å². The minimum atomic E-state index is -3.12. The first-order valence-electron chi connectivity index (χ1n) is 14.0. The maximum atomic E-state index is 13.3. The highest BCUT2D eigenvalue weighted by molar-refractivity contribution is 6.31. The molecule has 2 aliphatic rings. The molecule has 0 spiro atoms. The van der Waals surface area contributed by atoms with Crippen LogP contribution in [-0.4, -0.2) is 84.3 Å². The van der Waals surface area contributed by atoms with Gasteiger partial charge >= 0.3 is 6.61 Å². The zero-order chi connectivity index (χ0) is 31.0. The normalized spacial score (nSPS) is 16.3. The second kappa shape index (κ2) is 11.8. The monoisotopic (exact) mass is 623 g/mol. The van der Waals surface area contributed by atoms with E-state index in [4.69, 9.17) is 16.3 Å². The van der Waals surface area contributed by atoms with Crippen LogP contribution in [-0.2, 0) is 11.3 Å². The van der Waals surface area contributed by atoms with E-state index in [9.17, 15) is 23.6 Å². The summed E-state index contributed by atoms with van der Waals surface area (Å²) in [5.41, 5.74) is 0.528. The van der Waals surface area contributed by atoms with Crippen molar-refractivity contribution in [1.82, 2.24) is 34.2 Å². The summed E-state index contributed by atoms with van der Waals surface area (Å²) in [6.07, 6.45) is 7.53. The first kappa shape index (κ1) is 29.5. The molecule has 0 radical (unpaired) electrons. The first-order valence-corrected chi connectivity index (χ1v) is 14.4. The van der Waals surface area contributed by atoms with Gasteiger partial charge in [-0.3, -0.25) is 19.2 Å². The molecule has 1 aliphatic carbocycles. The molecule has 6 rings (SSSR count). The number of nitrogens with one attached hydrogen (secondary N) is 1. The molecule has 1 saturated carbocycles. The maximum absolute atomic E-state index is 13.3. The Bertz CT molecular complexity index is 1760. The van der Waals surface area contributed by atoms with Crippen LogP contribution < -0.4 is 10.1 Å². The van der Waals surface area contributed by atoms with Crippen molar-refractivity contribution in [3.05, 3.63) is 59.6 Å². The predicted octanol–water partition coefficient (Wildman–Crippen LogP) is 4.08. The van der Waals surface area contributed by atoms with Gasteiger partial charge in [-0.1, -0.05) is 11.6 Å². The summed E-state index contributed by atoms with van der Waals surface area (Å²) in [6.45, 7) is -2.23. The Hall–Kier alpha value is -4.61. The fraction of sp³-hybridized carbons (Fsp3) is 0.379. The highest BCUT2D eigenvalue weighted by Gasteiger charge is 2.49. The van der Waals surface area contributed by atoms with E-state index < -0.39 is 12.5 Å². The van der Waals surface area contributed by atoms with Gasteiger partial charge < -0.3 is 15.0 Å².